The van der Waals surface area contributed by atoms with Gasteiger partial charge in [0.25, 0.3) is 5.91 Å². The van der Waals surface area contributed by atoms with E-state index in [0.29, 0.717) is 24.4 Å². The molecule has 4 rings (SSSR count). The van der Waals surface area contributed by atoms with Crippen LogP contribution in [0.2, 0.25) is 0 Å². The van der Waals surface area contributed by atoms with Gasteiger partial charge in [0, 0.05) is 42.5 Å². The Morgan fingerprint density at radius 2 is 2.11 bits per heavy atom. The molecule has 1 aromatic heterocycles. The number of fused-ring (bicyclic) bond motifs is 1. The molecule has 1 atom stereocenters. The minimum atomic E-state index is -0.0966. The Hall–Kier alpha value is -2.96. The number of nitrogen functional groups attached to an aromatic ring is 1. The van der Waals surface area contributed by atoms with E-state index in [1.165, 1.54) is 0 Å². The molecule has 2 heterocycles. The van der Waals surface area contributed by atoms with Crippen LogP contribution >= 0.6 is 0 Å². The van der Waals surface area contributed by atoms with Crippen LogP contribution in [0.5, 0.6) is 0 Å². The molecule has 6 heteroatoms. The number of aromatic nitrogens is 1. The van der Waals surface area contributed by atoms with E-state index < -0.39 is 0 Å². The number of likely N-dealkylation sites (N-methyl/N-ethyl adjacent to an activating group) is 1. The van der Waals surface area contributed by atoms with Gasteiger partial charge in [-0.1, -0.05) is 18.2 Å². The fraction of sp³-hybridized carbons (Fsp3) is 0.273. The largest absolute Gasteiger partial charge is 0.398 e. The molecule has 0 aliphatic carbocycles. The Kier molecular flexibility index (Phi) is 5.23. The first-order valence-electron chi connectivity index (χ1n) is 9.43. The first-order valence-corrected chi connectivity index (χ1v) is 9.43. The topological polar surface area (TPSA) is 80.5 Å². The minimum Gasteiger partial charge on any atom is -0.398 e. The van der Waals surface area contributed by atoms with Crippen molar-refractivity contribution in [3.63, 3.8) is 0 Å². The van der Waals surface area contributed by atoms with Gasteiger partial charge in [-0.15, -0.1) is 0 Å². The molecule has 0 bridgehead atoms. The van der Waals surface area contributed by atoms with Crippen molar-refractivity contribution in [3.8, 4) is 11.1 Å². The average Bonchev–Trinajstić information content (AvgIpc) is 2.72. The number of nitrogens with two attached hydrogens (primary N) is 1. The first-order chi connectivity index (χ1) is 13.6. The molecule has 0 unspecified atom stereocenters. The number of morpholine rings is 1. The second kappa shape index (κ2) is 7.96. The van der Waals surface area contributed by atoms with E-state index in [4.69, 9.17) is 10.5 Å². The van der Waals surface area contributed by atoms with E-state index in [-0.39, 0.29) is 12.0 Å². The van der Waals surface area contributed by atoms with Gasteiger partial charge in [0.05, 0.1) is 18.2 Å². The lowest BCUT2D eigenvalue weighted by Gasteiger charge is -2.30. The highest BCUT2D eigenvalue weighted by Gasteiger charge is 2.18. The molecule has 6 nitrogen and oxygen atoms in total. The lowest BCUT2D eigenvalue weighted by molar-refractivity contribution is -0.0175. The summed E-state index contributed by atoms with van der Waals surface area (Å²) in [5.74, 6) is -0.0966. The summed E-state index contributed by atoms with van der Waals surface area (Å²) >= 11 is 0. The molecular weight excluding hydrogens is 352 g/mol. The van der Waals surface area contributed by atoms with Crippen molar-refractivity contribution >= 4 is 22.5 Å². The molecule has 0 radical (unpaired) electrons. The Balaban J connectivity index is 1.51. The zero-order chi connectivity index (χ0) is 19.5. The Bertz CT molecular complexity index is 1000. The highest BCUT2D eigenvalue weighted by molar-refractivity contribution is 5.97. The smallest absolute Gasteiger partial charge is 0.251 e. The van der Waals surface area contributed by atoms with E-state index >= 15 is 0 Å². The number of carbonyl (C=O) groups excluding carboxylic acids is 1. The van der Waals surface area contributed by atoms with Crippen LogP contribution < -0.4 is 11.1 Å². The predicted molar refractivity (Wildman–Crippen MR) is 111 cm³/mol. The standard InChI is InChI=1S/C22H24N4O2/c1-26-9-10-28-18(14-26)13-25-22(27)17-4-2-3-15(11-17)16-5-6-21-19(12-16)20(23)7-8-24-21/h2-8,11-12,18H,9-10,13-14H2,1H3,(H2,23,24)(H,25,27)/t18-/m1/s1. The summed E-state index contributed by atoms with van der Waals surface area (Å²) in [5.41, 5.74) is 10.2. The van der Waals surface area contributed by atoms with Gasteiger partial charge in [0.2, 0.25) is 0 Å². The number of pyridine rings is 1. The lowest BCUT2D eigenvalue weighted by Crippen LogP contribution is -2.45. The second-order valence-corrected chi connectivity index (χ2v) is 7.18. The molecule has 28 heavy (non-hydrogen) atoms. The van der Waals surface area contributed by atoms with Crippen LogP contribution in [0.1, 0.15) is 10.4 Å². The van der Waals surface area contributed by atoms with Crippen molar-refractivity contribution in [3.05, 3.63) is 60.3 Å². The van der Waals surface area contributed by atoms with Crippen LogP contribution in [0.3, 0.4) is 0 Å². The minimum absolute atomic E-state index is 0.0295. The normalized spacial score (nSPS) is 17.5. The third-order valence-corrected chi connectivity index (χ3v) is 5.07. The van der Waals surface area contributed by atoms with Crippen LogP contribution in [0, 0.1) is 0 Å². The molecule has 144 valence electrons. The Labute approximate surface area is 164 Å². The number of hydrogen-bond donors (Lipinski definition) is 2. The maximum absolute atomic E-state index is 12.6. The van der Waals surface area contributed by atoms with Gasteiger partial charge < -0.3 is 20.7 Å². The zero-order valence-corrected chi connectivity index (χ0v) is 15.9. The van der Waals surface area contributed by atoms with Gasteiger partial charge in [0.15, 0.2) is 0 Å². The van der Waals surface area contributed by atoms with E-state index in [9.17, 15) is 4.79 Å². The van der Waals surface area contributed by atoms with E-state index in [2.05, 4.69) is 22.2 Å². The molecule has 3 aromatic rings. The number of ether oxygens (including phenoxy) is 1. The highest BCUT2D eigenvalue weighted by Crippen LogP contribution is 2.27. The summed E-state index contributed by atoms with van der Waals surface area (Å²) in [6.07, 6.45) is 1.73. The predicted octanol–water partition coefficient (Wildman–Crippen LogP) is 2.54. The summed E-state index contributed by atoms with van der Waals surface area (Å²) in [5, 5.41) is 3.90. The fourth-order valence-corrected chi connectivity index (χ4v) is 3.49. The van der Waals surface area contributed by atoms with E-state index in [0.717, 1.165) is 35.1 Å². The molecule has 3 N–H and O–H groups in total. The number of benzene rings is 2. The summed E-state index contributed by atoms with van der Waals surface area (Å²) < 4.78 is 5.71. The molecule has 2 aromatic carbocycles. The number of nitrogens with zero attached hydrogens (tertiary/aromatic N) is 2. The van der Waals surface area contributed by atoms with Crippen LogP contribution in [0.25, 0.3) is 22.0 Å². The van der Waals surface area contributed by atoms with Crippen LogP contribution in [-0.4, -0.2) is 55.2 Å². The third kappa shape index (κ3) is 3.98. The number of hydrogen-bond acceptors (Lipinski definition) is 5. The van der Waals surface area contributed by atoms with E-state index in [1.54, 1.807) is 12.3 Å². The van der Waals surface area contributed by atoms with E-state index in [1.807, 2.05) is 42.5 Å². The SMILES string of the molecule is CN1CCO[C@H](CNC(=O)c2cccc(-c3ccc4nccc(N)c4c3)c2)C1. The van der Waals surface area contributed by atoms with Crippen LogP contribution in [0.4, 0.5) is 5.69 Å². The van der Waals surface area contributed by atoms with Crippen LogP contribution in [-0.2, 0) is 4.74 Å². The Morgan fingerprint density at radius 1 is 1.25 bits per heavy atom. The van der Waals surface area contributed by atoms with Gasteiger partial charge in [0.1, 0.15) is 0 Å². The van der Waals surface area contributed by atoms with Gasteiger partial charge in [-0.2, -0.15) is 0 Å². The molecule has 1 aliphatic heterocycles. The van der Waals surface area contributed by atoms with Gasteiger partial charge in [-0.25, -0.2) is 0 Å². The number of rotatable bonds is 4. The number of carbonyl (C=O) groups is 1. The molecule has 1 fully saturated rings. The number of nitrogens with one attached hydrogen (secondary N) is 1. The molecule has 1 saturated heterocycles. The average molecular weight is 376 g/mol. The summed E-state index contributed by atoms with van der Waals surface area (Å²) in [6.45, 7) is 2.96. The van der Waals surface area contributed by atoms with Crippen molar-refractivity contribution in [2.45, 2.75) is 6.10 Å². The maximum atomic E-state index is 12.6. The van der Waals surface area contributed by atoms with Crippen molar-refractivity contribution < 1.29 is 9.53 Å². The summed E-state index contributed by atoms with van der Waals surface area (Å²) in [6, 6.07) is 15.4. The zero-order valence-electron chi connectivity index (χ0n) is 15.9. The quantitative estimate of drug-likeness (QED) is 0.731. The molecule has 0 saturated carbocycles. The molecule has 1 aliphatic rings. The lowest BCUT2D eigenvalue weighted by atomic mass is 10.0. The van der Waals surface area contributed by atoms with Crippen LogP contribution in [0.15, 0.2) is 54.7 Å². The van der Waals surface area contributed by atoms with Gasteiger partial charge in [-0.05, 0) is 48.5 Å². The monoisotopic (exact) mass is 376 g/mol. The fourth-order valence-electron chi connectivity index (χ4n) is 3.49. The number of anilines is 1. The molecule has 1 amide bonds. The third-order valence-electron chi connectivity index (χ3n) is 5.07. The maximum Gasteiger partial charge on any atom is 0.251 e. The van der Waals surface area contributed by atoms with Gasteiger partial charge >= 0.3 is 0 Å². The molecule has 0 spiro atoms. The Morgan fingerprint density at radius 3 is 2.96 bits per heavy atom. The van der Waals surface area contributed by atoms with Crippen molar-refractivity contribution in [2.75, 3.05) is 39.0 Å². The highest BCUT2D eigenvalue weighted by atomic mass is 16.5. The summed E-state index contributed by atoms with van der Waals surface area (Å²) in [7, 11) is 2.06. The summed E-state index contributed by atoms with van der Waals surface area (Å²) in [4.78, 5) is 19.2. The number of amides is 1. The molecular formula is C22H24N4O2. The van der Waals surface area contributed by atoms with Crippen molar-refractivity contribution in [1.29, 1.82) is 0 Å². The van der Waals surface area contributed by atoms with Crippen molar-refractivity contribution in [2.24, 2.45) is 0 Å². The van der Waals surface area contributed by atoms with Crippen molar-refractivity contribution in [1.82, 2.24) is 15.2 Å². The first kappa shape index (κ1) is 18.4. The van der Waals surface area contributed by atoms with Gasteiger partial charge in [-0.3, -0.25) is 9.78 Å². The second-order valence-electron chi connectivity index (χ2n) is 7.18.